The Morgan fingerprint density at radius 2 is 1.94 bits per heavy atom. The van der Waals surface area contributed by atoms with Gasteiger partial charge in [-0.05, 0) is 32.4 Å². The van der Waals surface area contributed by atoms with E-state index in [1.54, 1.807) is 13.0 Å². The number of nitrogens with one attached hydrogen (secondary N) is 2. The lowest BCUT2D eigenvalue weighted by atomic mass is 10.1. The van der Waals surface area contributed by atoms with E-state index in [9.17, 15) is 8.42 Å². The zero-order chi connectivity index (χ0) is 13.3. The molecule has 5 nitrogen and oxygen atoms in total. The van der Waals surface area contributed by atoms with E-state index in [2.05, 4.69) is 14.7 Å². The first-order chi connectivity index (χ1) is 8.38. The third kappa shape index (κ3) is 2.53. The molecule has 0 unspecified atom stereocenters. The summed E-state index contributed by atoms with van der Waals surface area (Å²) in [5.41, 5.74) is 2.55. The van der Waals surface area contributed by atoms with E-state index in [0.29, 0.717) is 11.5 Å². The molecule has 0 atom stereocenters. The number of benzene rings is 1. The number of rotatable bonds is 3. The third-order valence-corrected chi connectivity index (χ3v) is 3.87. The molecule has 0 aliphatic carbocycles. The lowest BCUT2D eigenvalue weighted by molar-refractivity contribution is 0.598. The van der Waals surface area contributed by atoms with Crippen molar-refractivity contribution >= 4 is 15.7 Å². The molecule has 0 radical (unpaired) electrons. The van der Waals surface area contributed by atoms with E-state index in [0.717, 1.165) is 11.1 Å². The van der Waals surface area contributed by atoms with Crippen molar-refractivity contribution in [2.75, 3.05) is 4.72 Å². The van der Waals surface area contributed by atoms with Crippen LogP contribution >= 0.6 is 0 Å². The van der Waals surface area contributed by atoms with Crippen LogP contribution in [0.1, 0.15) is 17.0 Å². The average Bonchev–Trinajstić information content (AvgIpc) is 2.70. The molecule has 1 aromatic heterocycles. The SMILES string of the molecule is Cc1ccc(NS(=O)(=O)c2cnc(C)[nH]2)c(C)c1. The maximum Gasteiger partial charge on any atom is 0.278 e. The summed E-state index contributed by atoms with van der Waals surface area (Å²) >= 11 is 0. The summed E-state index contributed by atoms with van der Waals surface area (Å²) in [6.45, 7) is 5.53. The number of aromatic nitrogens is 2. The molecule has 0 saturated carbocycles. The predicted molar refractivity (Wildman–Crippen MR) is 70.0 cm³/mol. The second kappa shape index (κ2) is 4.45. The second-order valence-corrected chi connectivity index (χ2v) is 5.91. The number of hydrogen-bond donors (Lipinski definition) is 2. The monoisotopic (exact) mass is 265 g/mol. The van der Waals surface area contributed by atoms with Gasteiger partial charge in [0.25, 0.3) is 10.0 Å². The van der Waals surface area contributed by atoms with Crippen LogP contribution in [-0.4, -0.2) is 18.4 Å². The van der Waals surface area contributed by atoms with Crippen molar-refractivity contribution in [3.05, 3.63) is 41.3 Å². The second-order valence-electron chi connectivity index (χ2n) is 4.26. The van der Waals surface area contributed by atoms with Crippen molar-refractivity contribution in [3.8, 4) is 0 Å². The van der Waals surface area contributed by atoms with Crippen molar-refractivity contribution in [1.82, 2.24) is 9.97 Å². The third-order valence-electron chi connectivity index (χ3n) is 2.60. The van der Waals surface area contributed by atoms with Gasteiger partial charge in [-0.2, -0.15) is 8.42 Å². The van der Waals surface area contributed by atoms with Crippen LogP contribution in [0.15, 0.2) is 29.4 Å². The molecule has 18 heavy (non-hydrogen) atoms. The highest BCUT2D eigenvalue weighted by Gasteiger charge is 2.17. The van der Waals surface area contributed by atoms with Crippen LogP contribution in [0.3, 0.4) is 0 Å². The summed E-state index contributed by atoms with van der Waals surface area (Å²) < 4.78 is 26.7. The fraction of sp³-hybridized carbons (Fsp3) is 0.250. The standard InChI is InChI=1S/C12H15N3O2S/c1-8-4-5-11(9(2)6-8)15-18(16,17)12-7-13-10(3)14-12/h4-7,15H,1-3H3,(H,13,14). The fourth-order valence-electron chi connectivity index (χ4n) is 1.66. The fourth-order valence-corrected chi connectivity index (χ4v) is 2.76. The number of sulfonamides is 1. The van der Waals surface area contributed by atoms with E-state index < -0.39 is 10.0 Å². The normalized spacial score (nSPS) is 11.5. The van der Waals surface area contributed by atoms with Gasteiger partial charge in [0.2, 0.25) is 0 Å². The van der Waals surface area contributed by atoms with Gasteiger partial charge in [0.15, 0.2) is 5.03 Å². The number of hydrogen-bond acceptors (Lipinski definition) is 3. The molecular weight excluding hydrogens is 250 g/mol. The largest absolute Gasteiger partial charge is 0.332 e. The van der Waals surface area contributed by atoms with Gasteiger partial charge in [0, 0.05) is 0 Å². The van der Waals surface area contributed by atoms with E-state index in [1.807, 2.05) is 26.0 Å². The van der Waals surface area contributed by atoms with Crippen LogP contribution < -0.4 is 4.72 Å². The van der Waals surface area contributed by atoms with Crippen molar-refractivity contribution in [1.29, 1.82) is 0 Å². The summed E-state index contributed by atoms with van der Waals surface area (Å²) in [6.07, 6.45) is 1.31. The minimum Gasteiger partial charge on any atom is -0.332 e. The minimum atomic E-state index is -3.60. The van der Waals surface area contributed by atoms with Crippen LogP contribution in [0.2, 0.25) is 0 Å². The van der Waals surface area contributed by atoms with E-state index in [4.69, 9.17) is 0 Å². The van der Waals surface area contributed by atoms with Crippen molar-refractivity contribution in [2.45, 2.75) is 25.8 Å². The molecular formula is C12H15N3O2S. The van der Waals surface area contributed by atoms with Crippen LogP contribution in [0.4, 0.5) is 5.69 Å². The number of anilines is 1. The molecule has 1 heterocycles. The Hall–Kier alpha value is -1.82. The molecule has 2 N–H and O–H groups in total. The molecule has 1 aromatic carbocycles. The summed E-state index contributed by atoms with van der Waals surface area (Å²) in [6, 6.07) is 5.55. The molecule has 0 aliphatic rings. The molecule has 0 bridgehead atoms. The number of aryl methyl sites for hydroxylation is 3. The van der Waals surface area contributed by atoms with Gasteiger partial charge < -0.3 is 4.98 Å². The van der Waals surface area contributed by atoms with Crippen LogP contribution in [0.5, 0.6) is 0 Å². The Kier molecular flexibility index (Phi) is 3.13. The maximum absolute atomic E-state index is 12.1. The number of H-pyrrole nitrogens is 1. The zero-order valence-corrected chi connectivity index (χ0v) is 11.3. The Labute approximate surface area is 106 Å². The molecule has 96 valence electrons. The molecule has 0 spiro atoms. The summed E-state index contributed by atoms with van der Waals surface area (Å²) in [7, 11) is -3.60. The van der Waals surface area contributed by atoms with E-state index >= 15 is 0 Å². The smallest absolute Gasteiger partial charge is 0.278 e. The molecule has 2 rings (SSSR count). The van der Waals surface area contributed by atoms with E-state index in [1.165, 1.54) is 6.20 Å². The van der Waals surface area contributed by atoms with Gasteiger partial charge in [0.1, 0.15) is 5.82 Å². The van der Waals surface area contributed by atoms with E-state index in [-0.39, 0.29) is 5.03 Å². The highest BCUT2D eigenvalue weighted by molar-refractivity contribution is 7.92. The molecule has 6 heteroatoms. The van der Waals surface area contributed by atoms with Crippen LogP contribution in [0, 0.1) is 20.8 Å². The van der Waals surface area contributed by atoms with Gasteiger partial charge in [-0.1, -0.05) is 17.7 Å². The number of aromatic amines is 1. The first-order valence-corrected chi connectivity index (χ1v) is 6.98. The lowest BCUT2D eigenvalue weighted by Gasteiger charge is -2.09. The van der Waals surface area contributed by atoms with Crippen molar-refractivity contribution in [3.63, 3.8) is 0 Å². The number of nitrogens with zero attached hydrogens (tertiary/aromatic N) is 1. The molecule has 0 aliphatic heterocycles. The highest BCUT2D eigenvalue weighted by atomic mass is 32.2. The minimum absolute atomic E-state index is 0.0694. The van der Waals surface area contributed by atoms with Crippen molar-refractivity contribution < 1.29 is 8.42 Å². The van der Waals surface area contributed by atoms with Gasteiger partial charge in [-0.15, -0.1) is 0 Å². The molecule has 0 amide bonds. The van der Waals surface area contributed by atoms with Gasteiger partial charge in [0.05, 0.1) is 11.9 Å². The summed E-state index contributed by atoms with van der Waals surface area (Å²) in [5.74, 6) is 0.566. The Bertz CT molecular complexity index is 674. The topological polar surface area (TPSA) is 74.8 Å². The maximum atomic E-state index is 12.1. The molecule has 0 saturated heterocycles. The first-order valence-electron chi connectivity index (χ1n) is 5.50. The highest BCUT2D eigenvalue weighted by Crippen LogP contribution is 2.19. The van der Waals surface area contributed by atoms with Crippen LogP contribution in [0.25, 0.3) is 0 Å². The zero-order valence-electron chi connectivity index (χ0n) is 10.5. The Morgan fingerprint density at radius 3 is 2.50 bits per heavy atom. The summed E-state index contributed by atoms with van der Waals surface area (Å²) in [5, 5.41) is 0.0694. The quantitative estimate of drug-likeness (QED) is 0.892. The number of imidazole rings is 1. The Morgan fingerprint density at radius 1 is 1.22 bits per heavy atom. The molecule has 2 aromatic rings. The first kappa shape index (κ1) is 12.6. The van der Waals surface area contributed by atoms with Crippen LogP contribution in [-0.2, 0) is 10.0 Å². The Balaban J connectivity index is 2.33. The van der Waals surface area contributed by atoms with Gasteiger partial charge in [-0.3, -0.25) is 4.72 Å². The van der Waals surface area contributed by atoms with Gasteiger partial charge >= 0.3 is 0 Å². The predicted octanol–water partition coefficient (Wildman–Crippen LogP) is 2.14. The average molecular weight is 265 g/mol. The van der Waals surface area contributed by atoms with Gasteiger partial charge in [-0.25, -0.2) is 4.98 Å². The van der Waals surface area contributed by atoms with Crippen molar-refractivity contribution in [2.24, 2.45) is 0 Å². The summed E-state index contributed by atoms with van der Waals surface area (Å²) in [4.78, 5) is 6.59. The lowest BCUT2D eigenvalue weighted by Crippen LogP contribution is -2.14. The molecule has 0 fully saturated rings.